The summed E-state index contributed by atoms with van der Waals surface area (Å²) in [6.45, 7) is 11.5. The third kappa shape index (κ3) is 6.69. The number of rotatable bonds is 7. The van der Waals surface area contributed by atoms with E-state index >= 15 is 0 Å². The molecule has 0 saturated carbocycles. The zero-order valence-corrected chi connectivity index (χ0v) is 21.6. The highest BCUT2D eigenvalue weighted by atomic mass is 19.1. The zero-order chi connectivity index (χ0) is 25.9. The number of likely N-dealkylation sites (tertiary alicyclic amines) is 1. The van der Waals surface area contributed by atoms with Crippen molar-refractivity contribution < 1.29 is 18.7 Å². The number of halogens is 1. The van der Waals surface area contributed by atoms with Gasteiger partial charge in [0.1, 0.15) is 23.7 Å². The van der Waals surface area contributed by atoms with Crippen molar-refractivity contribution in [3.05, 3.63) is 53.7 Å². The Kier molecular flexibility index (Phi) is 7.73. The summed E-state index contributed by atoms with van der Waals surface area (Å²) in [7, 11) is 0. The van der Waals surface area contributed by atoms with Crippen LogP contribution < -0.4 is 0 Å². The molecule has 0 N–H and O–H groups in total. The van der Waals surface area contributed by atoms with Gasteiger partial charge in [0.25, 0.3) is 0 Å². The molecule has 0 atom stereocenters. The second-order valence-corrected chi connectivity index (χ2v) is 10.4. The lowest BCUT2D eigenvalue weighted by Crippen LogP contribution is -2.42. The summed E-state index contributed by atoms with van der Waals surface area (Å²) in [6.07, 6.45) is 3.31. The van der Waals surface area contributed by atoms with E-state index in [1.807, 2.05) is 51.6 Å². The maximum absolute atomic E-state index is 13.4. The Labute approximate surface area is 211 Å². The largest absolute Gasteiger partial charge is 0.444 e. The molecule has 3 heterocycles. The lowest BCUT2D eigenvalue weighted by molar-refractivity contribution is 0.0185. The first-order valence-corrected chi connectivity index (χ1v) is 12.4. The third-order valence-electron chi connectivity index (χ3n) is 5.83. The van der Waals surface area contributed by atoms with E-state index in [0.29, 0.717) is 43.6 Å². The molecule has 194 valence electrons. The molecule has 10 heteroatoms. The molecule has 1 aliphatic heterocycles. The molecule has 36 heavy (non-hydrogen) atoms. The van der Waals surface area contributed by atoms with E-state index in [9.17, 15) is 9.18 Å². The van der Waals surface area contributed by atoms with Crippen LogP contribution in [0.1, 0.15) is 64.9 Å². The molecule has 0 spiro atoms. The minimum absolute atomic E-state index is 0.0586. The van der Waals surface area contributed by atoms with Crippen molar-refractivity contribution in [1.82, 2.24) is 29.4 Å². The van der Waals surface area contributed by atoms with E-state index in [1.165, 1.54) is 12.1 Å². The van der Waals surface area contributed by atoms with Gasteiger partial charge in [-0.3, -0.25) is 4.68 Å². The molecule has 0 radical (unpaired) electrons. The van der Waals surface area contributed by atoms with Crippen LogP contribution >= 0.6 is 0 Å². The average Bonchev–Trinajstić information content (AvgIpc) is 3.45. The van der Waals surface area contributed by atoms with E-state index in [-0.39, 0.29) is 24.1 Å². The van der Waals surface area contributed by atoms with Crippen molar-refractivity contribution in [2.45, 2.75) is 78.4 Å². The number of ether oxygens (including phenoxy) is 2. The summed E-state index contributed by atoms with van der Waals surface area (Å²) in [5.74, 6) is 0.924. The third-order valence-corrected chi connectivity index (χ3v) is 5.83. The fourth-order valence-electron chi connectivity index (χ4n) is 4.05. The first-order valence-electron chi connectivity index (χ1n) is 12.4. The van der Waals surface area contributed by atoms with Crippen LogP contribution in [0.15, 0.2) is 36.5 Å². The van der Waals surface area contributed by atoms with E-state index < -0.39 is 5.60 Å². The normalized spacial score (nSPS) is 15.0. The Bertz CT molecular complexity index is 1160. The van der Waals surface area contributed by atoms with Crippen molar-refractivity contribution in [1.29, 1.82) is 0 Å². The SMILES string of the molecule is CC(C)OCc1nc(-c2ccn(C3CCN(C(=O)OC(C)(C)C)CC3)n2)n(Cc2ccc(F)cc2)n1. The van der Waals surface area contributed by atoms with Gasteiger partial charge >= 0.3 is 6.09 Å². The lowest BCUT2D eigenvalue weighted by atomic mass is 10.1. The molecule has 9 nitrogen and oxygen atoms in total. The summed E-state index contributed by atoms with van der Waals surface area (Å²) in [5.41, 5.74) is 1.11. The van der Waals surface area contributed by atoms with E-state index in [2.05, 4.69) is 5.10 Å². The fraction of sp³-hybridized carbons (Fsp3) is 0.538. The Morgan fingerprint density at radius 2 is 1.81 bits per heavy atom. The van der Waals surface area contributed by atoms with Crippen molar-refractivity contribution in [2.24, 2.45) is 0 Å². The average molecular weight is 499 g/mol. The predicted molar refractivity (Wildman–Crippen MR) is 133 cm³/mol. The quantitative estimate of drug-likeness (QED) is 0.464. The van der Waals surface area contributed by atoms with Crippen LogP contribution in [0.4, 0.5) is 9.18 Å². The molecule has 1 fully saturated rings. The van der Waals surface area contributed by atoms with Gasteiger partial charge in [-0.25, -0.2) is 18.9 Å². The summed E-state index contributed by atoms with van der Waals surface area (Å²) in [6, 6.07) is 8.46. The molecule has 3 aromatic rings. The second kappa shape index (κ2) is 10.8. The zero-order valence-electron chi connectivity index (χ0n) is 21.6. The highest BCUT2D eigenvalue weighted by Crippen LogP contribution is 2.26. The Balaban J connectivity index is 1.48. The van der Waals surface area contributed by atoms with Gasteiger partial charge in [0.2, 0.25) is 0 Å². The van der Waals surface area contributed by atoms with Crippen LogP contribution in [-0.2, 0) is 22.6 Å². The number of carbonyl (C=O) groups is 1. The summed E-state index contributed by atoms with van der Waals surface area (Å²) >= 11 is 0. The molecule has 0 unspecified atom stereocenters. The number of hydrogen-bond donors (Lipinski definition) is 0. The molecule has 0 bridgehead atoms. The van der Waals surface area contributed by atoms with Crippen molar-refractivity contribution in [3.8, 4) is 11.5 Å². The van der Waals surface area contributed by atoms with Crippen LogP contribution in [0.5, 0.6) is 0 Å². The van der Waals surface area contributed by atoms with E-state index in [0.717, 1.165) is 18.4 Å². The smallest absolute Gasteiger partial charge is 0.410 e. The Hall–Kier alpha value is -3.27. The number of carbonyl (C=O) groups excluding carboxylic acids is 1. The number of aromatic nitrogens is 5. The van der Waals surface area contributed by atoms with Gasteiger partial charge in [0, 0.05) is 19.3 Å². The van der Waals surface area contributed by atoms with Gasteiger partial charge in [-0.2, -0.15) is 10.2 Å². The fourth-order valence-corrected chi connectivity index (χ4v) is 4.05. The van der Waals surface area contributed by atoms with Crippen molar-refractivity contribution in [2.75, 3.05) is 13.1 Å². The first kappa shape index (κ1) is 25.8. The van der Waals surface area contributed by atoms with Gasteiger partial charge in [-0.15, -0.1) is 0 Å². The molecule has 4 rings (SSSR count). The van der Waals surface area contributed by atoms with Gasteiger partial charge in [-0.05, 0) is 71.2 Å². The van der Waals surface area contributed by atoms with Crippen LogP contribution in [-0.4, -0.2) is 60.3 Å². The molecular formula is C26H35FN6O3. The number of piperidine rings is 1. The topological polar surface area (TPSA) is 87.3 Å². The molecule has 1 aliphatic rings. The van der Waals surface area contributed by atoms with Crippen molar-refractivity contribution >= 4 is 6.09 Å². The standard InChI is InChI=1S/C26H35FN6O3/c1-18(2)35-17-23-28-24(33(30-23)16-19-6-8-20(27)9-7-19)22-12-15-32(29-22)21-10-13-31(14-11-21)25(34)36-26(3,4)5/h6-9,12,15,18,21H,10-11,13-14,16-17H2,1-5H3. The van der Waals surface area contributed by atoms with E-state index in [1.54, 1.807) is 21.7 Å². The number of amides is 1. The van der Waals surface area contributed by atoms with Crippen molar-refractivity contribution in [3.63, 3.8) is 0 Å². The first-order chi connectivity index (χ1) is 17.1. The summed E-state index contributed by atoms with van der Waals surface area (Å²) in [5, 5.41) is 9.45. The van der Waals surface area contributed by atoms with Crippen LogP contribution in [0.25, 0.3) is 11.5 Å². The second-order valence-electron chi connectivity index (χ2n) is 10.4. The predicted octanol–water partition coefficient (Wildman–Crippen LogP) is 4.83. The summed E-state index contributed by atoms with van der Waals surface area (Å²) in [4.78, 5) is 18.8. The molecule has 1 aromatic carbocycles. The lowest BCUT2D eigenvalue weighted by Gasteiger charge is -2.33. The van der Waals surface area contributed by atoms with Crippen LogP contribution in [0.3, 0.4) is 0 Å². The Morgan fingerprint density at radius 3 is 2.44 bits per heavy atom. The molecule has 2 aromatic heterocycles. The minimum atomic E-state index is -0.506. The maximum atomic E-state index is 13.4. The van der Waals surface area contributed by atoms with Gasteiger partial charge in [-0.1, -0.05) is 12.1 Å². The van der Waals surface area contributed by atoms with Gasteiger partial charge < -0.3 is 14.4 Å². The number of hydrogen-bond acceptors (Lipinski definition) is 6. The molecular weight excluding hydrogens is 463 g/mol. The van der Waals surface area contributed by atoms with Crippen LogP contribution in [0, 0.1) is 5.82 Å². The van der Waals surface area contributed by atoms with Crippen LogP contribution in [0.2, 0.25) is 0 Å². The minimum Gasteiger partial charge on any atom is -0.444 e. The number of benzene rings is 1. The van der Waals surface area contributed by atoms with Gasteiger partial charge in [0.05, 0.1) is 18.7 Å². The highest BCUT2D eigenvalue weighted by Gasteiger charge is 2.28. The van der Waals surface area contributed by atoms with Gasteiger partial charge in [0.15, 0.2) is 11.6 Å². The number of nitrogens with zero attached hydrogens (tertiary/aromatic N) is 6. The highest BCUT2D eigenvalue weighted by molar-refractivity contribution is 5.68. The molecule has 0 aliphatic carbocycles. The Morgan fingerprint density at radius 1 is 1.11 bits per heavy atom. The molecule has 1 amide bonds. The van der Waals surface area contributed by atoms with E-state index in [4.69, 9.17) is 19.6 Å². The molecule has 1 saturated heterocycles. The maximum Gasteiger partial charge on any atom is 0.410 e. The summed E-state index contributed by atoms with van der Waals surface area (Å²) < 4.78 is 28.3. The monoisotopic (exact) mass is 498 g/mol.